The maximum absolute atomic E-state index is 6.81. The standard InChI is InChI=1S/C61H58N5O.Pt/c1-57(2,3)37-25-26-62-53(31-37)65-51-22-14-13-17-43(51)44-24-23-41(35-52(44)65)67-42-30-38(58(4,5)6)29-39(32-42)63-27-28-64(36-63)40-33-49-56-50(34-40)61(11,12)48-21-16-19-46-55(48)66(56)54-45(59(46,7)8)18-15-20-47(54)60(49,9)10;/h13-31,33-34,36H,1-12H3;/q-3;. The second-order valence-electron chi connectivity index (χ2n) is 22.8. The molecule has 0 saturated heterocycles. The van der Waals surface area contributed by atoms with Crippen LogP contribution in [0.5, 0.6) is 11.5 Å². The Morgan fingerprint density at radius 2 is 1.12 bits per heavy atom. The van der Waals surface area contributed by atoms with E-state index in [9.17, 15) is 0 Å². The van der Waals surface area contributed by atoms with Gasteiger partial charge in [-0.25, -0.2) is 4.98 Å². The number of fused-ring (bicyclic) bond motifs is 3. The van der Waals surface area contributed by atoms with Gasteiger partial charge < -0.3 is 24.0 Å². The van der Waals surface area contributed by atoms with E-state index in [-0.39, 0.29) is 48.1 Å². The minimum absolute atomic E-state index is 0. The number of para-hydroxylation sites is 3. The number of hydrogen-bond acceptors (Lipinski definition) is 5. The van der Waals surface area contributed by atoms with Gasteiger partial charge in [-0.15, -0.1) is 53.6 Å². The summed E-state index contributed by atoms with van der Waals surface area (Å²) in [7, 11) is 0. The summed E-state index contributed by atoms with van der Waals surface area (Å²) in [6.07, 6.45) is 6.21. The molecule has 4 aliphatic rings. The predicted octanol–water partition coefficient (Wildman–Crippen LogP) is 15.5. The largest absolute Gasteiger partial charge is 0.509 e. The Morgan fingerprint density at radius 1 is 0.544 bits per heavy atom. The zero-order valence-electron chi connectivity index (χ0n) is 41.2. The maximum atomic E-state index is 6.81. The van der Waals surface area contributed by atoms with Gasteiger partial charge in [0.2, 0.25) is 0 Å². The van der Waals surface area contributed by atoms with E-state index in [4.69, 9.17) is 9.72 Å². The zero-order chi connectivity index (χ0) is 46.7. The van der Waals surface area contributed by atoms with Gasteiger partial charge in [-0.3, -0.25) is 0 Å². The van der Waals surface area contributed by atoms with E-state index in [1.165, 1.54) is 56.0 Å². The van der Waals surface area contributed by atoms with Gasteiger partial charge in [0.05, 0.1) is 17.1 Å². The quantitative estimate of drug-likeness (QED) is 0.161. The first-order valence-corrected chi connectivity index (χ1v) is 23.8. The van der Waals surface area contributed by atoms with Crippen molar-refractivity contribution in [2.24, 2.45) is 0 Å². The van der Waals surface area contributed by atoms with Gasteiger partial charge in [0.1, 0.15) is 5.82 Å². The molecule has 4 aliphatic heterocycles. The van der Waals surface area contributed by atoms with Crippen LogP contribution in [0.1, 0.15) is 128 Å². The number of pyridine rings is 1. The third-order valence-corrected chi connectivity index (χ3v) is 15.4. The number of hydrogen-bond donors (Lipinski definition) is 0. The molecule has 0 amide bonds. The second-order valence-corrected chi connectivity index (χ2v) is 22.8. The van der Waals surface area contributed by atoms with Crippen molar-refractivity contribution in [2.45, 2.75) is 110 Å². The molecular weight excluding hydrogens is 1010 g/mol. The molecule has 0 N–H and O–H groups in total. The predicted molar refractivity (Wildman–Crippen MR) is 276 cm³/mol. The Bertz CT molecular complexity index is 3360. The summed E-state index contributed by atoms with van der Waals surface area (Å²) in [5.41, 5.74) is 18.0. The van der Waals surface area contributed by atoms with Gasteiger partial charge in [0.15, 0.2) is 0 Å². The van der Waals surface area contributed by atoms with E-state index in [1.807, 2.05) is 12.3 Å². The average molecular weight is 1070 g/mol. The van der Waals surface area contributed by atoms with Gasteiger partial charge in [0.25, 0.3) is 0 Å². The van der Waals surface area contributed by atoms with Crippen molar-refractivity contribution in [2.75, 3.05) is 14.7 Å². The first kappa shape index (κ1) is 44.4. The monoisotopic (exact) mass is 1070 g/mol. The molecule has 0 bridgehead atoms. The summed E-state index contributed by atoms with van der Waals surface area (Å²) in [5, 5.41) is 2.25. The molecule has 6 heterocycles. The Balaban J connectivity index is 0.00000507. The van der Waals surface area contributed by atoms with Gasteiger partial charge in [-0.05, 0) is 97.9 Å². The molecular formula is C61H58N5OPt-3. The molecule has 0 atom stereocenters. The van der Waals surface area contributed by atoms with Crippen molar-refractivity contribution < 1.29 is 25.8 Å². The third-order valence-electron chi connectivity index (χ3n) is 15.4. The fraction of sp³-hybridized carbons (Fsp3) is 0.279. The molecule has 0 radical (unpaired) electrons. The molecule has 0 saturated carbocycles. The molecule has 8 aromatic rings. The summed E-state index contributed by atoms with van der Waals surface area (Å²) < 4.78 is 9.02. The summed E-state index contributed by atoms with van der Waals surface area (Å²) in [6.45, 7) is 30.1. The Hall–Kier alpha value is -6.10. The molecule has 0 unspecified atom stereocenters. The number of anilines is 5. The summed E-state index contributed by atoms with van der Waals surface area (Å²) in [6, 6.07) is 47.5. The van der Waals surface area contributed by atoms with Crippen molar-refractivity contribution in [3.05, 3.63) is 191 Å². The van der Waals surface area contributed by atoms with Crippen LogP contribution >= 0.6 is 0 Å². The molecule has 12 rings (SSSR count). The van der Waals surface area contributed by atoms with E-state index >= 15 is 0 Å². The van der Waals surface area contributed by atoms with Crippen molar-refractivity contribution in [3.63, 3.8) is 0 Å². The van der Waals surface area contributed by atoms with Crippen LogP contribution in [0.15, 0.2) is 128 Å². The van der Waals surface area contributed by atoms with Crippen LogP contribution in [0.2, 0.25) is 0 Å². The van der Waals surface area contributed by atoms with E-state index in [0.717, 1.165) is 44.6 Å². The van der Waals surface area contributed by atoms with Crippen LogP contribution in [0.4, 0.5) is 28.4 Å². The Morgan fingerprint density at radius 3 is 1.74 bits per heavy atom. The first-order chi connectivity index (χ1) is 31.7. The molecule has 7 heteroatoms. The van der Waals surface area contributed by atoms with Crippen molar-refractivity contribution in [1.82, 2.24) is 9.55 Å². The molecule has 346 valence electrons. The minimum atomic E-state index is -0.233. The van der Waals surface area contributed by atoms with Crippen molar-refractivity contribution >= 4 is 50.2 Å². The number of benzene rings is 6. The summed E-state index contributed by atoms with van der Waals surface area (Å²) >= 11 is 0. The smallest absolute Gasteiger partial charge is 0.135 e. The zero-order valence-corrected chi connectivity index (χ0v) is 43.4. The molecule has 6 nitrogen and oxygen atoms in total. The van der Waals surface area contributed by atoms with Crippen LogP contribution in [0.3, 0.4) is 0 Å². The van der Waals surface area contributed by atoms with E-state index in [0.29, 0.717) is 11.5 Å². The molecule has 68 heavy (non-hydrogen) atoms. The summed E-state index contributed by atoms with van der Waals surface area (Å²) in [4.78, 5) is 11.9. The average Bonchev–Trinajstić information content (AvgIpc) is 3.91. The molecule has 0 spiro atoms. The van der Waals surface area contributed by atoms with Crippen LogP contribution in [-0.2, 0) is 48.1 Å². The molecule has 0 aliphatic carbocycles. The fourth-order valence-electron chi connectivity index (χ4n) is 11.4. The number of rotatable bonds is 5. The van der Waals surface area contributed by atoms with Crippen molar-refractivity contribution in [1.29, 1.82) is 0 Å². The van der Waals surface area contributed by atoms with E-state index in [2.05, 4.69) is 237 Å². The Kier molecular flexibility index (Phi) is 9.60. The number of ether oxygens (including phenoxy) is 1. The SMILES string of the molecule is CC(C)(C)c1cc(Oc2[c-]c3c(cc2)c2ccccc2n3-c2cc(C(C)(C)C)ccn2)[c-]c(N2C=CN(c3cc4c5c(c3)C(C)(C)c3cccc6c3N5c3c(cccc3C4(C)C)C6(C)C)[CH-]2)c1.[Pt]. The van der Waals surface area contributed by atoms with Gasteiger partial charge in [-0.1, -0.05) is 143 Å². The van der Waals surface area contributed by atoms with E-state index in [1.54, 1.807) is 0 Å². The molecule has 2 aromatic heterocycles. The normalized spacial score (nSPS) is 16.9. The second kappa shape index (κ2) is 14.7. The van der Waals surface area contributed by atoms with E-state index < -0.39 is 0 Å². The van der Waals surface area contributed by atoms with Gasteiger partial charge in [0, 0.05) is 66.2 Å². The van der Waals surface area contributed by atoms with Crippen LogP contribution in [0.25, 0.3) is 27.6 Å². The summed E-state index contributed by atoms with van der Waals surface area (Å²) in [5.74, 6) is 2.11. The van der Waals surface area contributed by atoms with Crippen molar-refractivity contribution in [3.8, 4) is 17.3 Å². The van der Waals surface area contributed by atoms with Crippen LogP contribution in [0, 0.1) is 18.8 Å². The molecule has 6 aromatic carbocycles. The maximum Gasteiger partial charge on any atom is 0.135 e. The number of nitrogens with zero attached hydrogens (tertiary/aromatic N) is 5. The molecule has 0 fully saturated rings. The number of aromatic nitrogens is 2. The van der Waals surface area contributed by atoms with Crippen LogP contribution < -0.4 is 19.4 Å². The van der Waals surface area contributed by atoms with Gasteiger partial charge in [-0.2, -0.15) is 6.07 Å². The van der Waals surface area contributed by atoms with Crippen LogP contribution in [-0.4, -0.2) is 9.55 Å². The van der Waals surface area contributed by atoms with Gasteiger partial charge >= 0.3 is 0 Å². The third kappa shape index (κ3) is 6.35. The first-order valence-electron chi connectivity index (χ1n) is 23.8. The fourth-order valence-corrected chi connectivity index (χ4v) is 11.4. The topological polar surface area (TPSA) is 36.8 Å². The minimum Gasteiger partial charge on any atom is -0.509 e. The Labute approximate surface area is 416 Å².